The number of anilines is 1. The van der Waals surface area contributed by atoms with Crippen molar-refractivity contribution in [2.45, 2.75) is 38.0 Å². The van der Waals surface area contributed by atoms with E-state index >= 15 is 0 Å². The van der Waals surface area contributed by atoms with E-state index in [9.17, 15) is 8.78 Å². The minimum atomic E-state index is -2.77. The van der Waals surface area contributed by atoms with E-state index in [1.54, 1.807) is 30.5 Å². The van der Waals surface area contributed by atoms with Gasteiger partial charge in [0.2, 0.25) is 11.8 Å². The molecule has 174 valence electrons. The summed E-state index contributed by atoms with van der Waals surface area (Å²) in [6, 6.07) is 6.76. The fourth-order valence-corrected chi connectivity index (χ4v) is 3.98. The zero-order valence-electron chi connectivity index (χ0n) is 20.4. The number of ether oxygens (including phenoxy) is 2. The smallest absolute Gasteiger partial charge is 0.258 e. The molecule has 0 amide bonds. The maximum atomic E-state index is 13.0. The van der Waals surface area contributed by atoms with E-state index < -0.39 is 20.0 Å². The average Bonchev–Trinajstić information content (AvgIpc) is 3.38. The molecule has 1 aliphatic carbocycles. The van der Waals surface area contributed by atoms with Crippen molar-refractivity contribution in [3.63, 3.8) is 0 Å². The van der Waals surface area contributed by atoms with Gasteiger partial charge >= 0.3 is 0 Å². The quantitative estimate of drug-likeness (QED) is 0.390. The Morgan fingerprint density at radius 2 is 2.21 bits per heavy atom. The van der Waals surface area contributed by atoms with Gasteiger partial charge in [0.15, 0.2) is 0 Å². The van der Waals surface area contributed by atoms with E-state index in [0.717, 1.165) is 4.68 Å². The Morgan fingerprint density at radius 1 is 1.33 bits per heavy atom. The second-order valence-electron chi connectivity index (χ2n) is 7.76. The third-order valence-electron chi connectivity index (χ3n) is 5.58. The number of alkyl halides is 2. The summed E-state index contributed by atoms with van der Waals surface area (Å²) in [5, 5.41) is 24.2. The Bertz CT molecular complexity index is 1370. The van der Waals surface area contributed by atoms with Gasteiger partial charge in [-0.3, -0.25) is 0 Å². The second kappa shape index (κ2) is 8.87. The highest BCUT2D eigenvalue weighted by molar-refractivity contribution is 5.89. The number of nitrogens with zero attached hydrogens (tertiary/aromatic N) is 6. The molecule has 5 rings (SSSR count). The molecule has 4 aromatic rings. The number of methoxy groups -OCH3 is 1. The van der Waals surface area contributed by atoms with Crippen LogP contribution < -0.4 is 10.1 Å². The van der Waals surface area contributed by atoms with Crippen LogP contribution in [0.25, 0.3) is 27.7 Å². The van der Waals surface area contributed by atoms with Crippen molar-refractivity contribution in [1.82, 2.24) is 29.6 Å². The topological polar surface area (TPSA) is 112 Å². The molecule has 3 heterocycles. The van der Waals surface area contributed by atoms with E-state index in [2.05, 4.69) is 25.7 Å². The van der Waals surface area contributed by atoms with Gasteiger partial charge in [-0.05, 0) is 36.6 Å². The zero-order chi connectivity index (χ0) is 25.4. The molecular formula is C21H23F2N7O3. The minimum Gasteiger partial charge on any atom is -0.479 e. The lowest BCUT2D eigenvalue weighted by Gasteiger charge is -2.35. The lowest BCUT2D eigenvalue weighted by atomic mass is 9.89. The number of aliphatic hydroxyl groups is 1. The van der Waals surface area contributed by atoms with Crippen molar-refractivity contribution < 1.29 is 27.5 Å². The van der Waals surface area contributed by atoms with E-state index in [4.69, 9.17) is 18.7 Å². The average molecular weight is 462 g/mol. The molecule has 10 nitrogen and oxygen atoms in total. The van der Waals surface area contributed by atoms with Gasteiger partial charge in [0, 0.05) is 17.8 Å². The SMILES string of the molecule is [2H]C([2H])([2H])Oc1nc(N[C@H]2C[C@@H](OCCO)C2)nn2ccc(-c3ccc4nnn(CC(F)F)c4c3)c12. The molecule has 3 aromatic heterocycles. The van der Waals surface area contributed by atoms with Crippen LogP contribution in [0.15, 0.2) is 30.5 Å². The number of rotatable bonds is 9. The molecule has 0 aliphatic heterocycles. The summed E-state index contributed by atoms with van der Waals surface area (Å²) in [7, 11) is -2.77. The number of halogens is 2. The first-order chi connectivity index (χ1) is 17.2. The van der Waals surface area contributed by atoms with Gasteiger partial charge in [0.05, 0.1) is 36.0 Å². The van der Waals surface area contributed by atoms with E-state index in [1.807, 2.05) is 0 Å². The summed E-state index contributed by atoms with van der Waals surface area (Å²) in [5.41, 5.74) is 2.32. The van der Waals surface area contributed by atoms with Crippen LogP contribution in [0, 0.1) is 0 Å². The van der Waals surface area contributed by atoms with Crippen molar-refractivity contribution in [2.75, 3.05) is 25.6 Å². The molecule has 33 heavy (non-hydrogen) atoms. The summed E-state index contributed by atoms with van der Waals surface area (Å²) in [5.74, 6) is 0.0309. The largest absolute Gasteiger partial charge is 0.479 e. The first kappa shape index (κ1) is 18.1. The summed E-state index contributed by atoms with van der Waals surface area (Å²) in [6.07, 6.45) is 0.441. The molecule has 0 bridgehead atoms. The maximum absolute atomic E-state index is 13.0. The number of hydrogen-bond acceptors (Lipinski definition) is 8. The van der Waals surface area contributed by atoms with Gasteiger partial charge in [-0.2, -0.15) is 4.98 Å². The Labute approximate surface area is 191 Å². The number of benzene rings is 1. The zero-order valence-corrected chi connectivity index (χ0v) is 17.4. The highest BCUT2D eigenvalue weighted by Gasteiger charge is 2.30. The van der Waals surface area contributed by atoms with Crippen molar-refractivity contribution in [3.8, 4) is 17.0 Å². The Morgan fingerprint density at radius 3 is 3.00 bits per heavy atom. The number of nitrogens with one attached hydrogen (secondary N) is 1. The third-order valence-corrected chi connectivity index (χ3v) is 5.58. The Hall–Kier alpha value is -3.38. The summed E-state index contributed by atoms with van der Waals surface area (Å²) < 4.78 is 62.0. The van der Waals surface area contributed by atoms with Crippen LogP contribution in [-0.4, -0.2) is 73.5 Å². The predicted molar refractivity (Wildman–Crippen MR) is 116 cm³/mol. The third kappa shape index (κ3) is 4.18. The van der Waals surface area contributed by atoms with Crippen LogP contribution >= 0.6 is 0 Å². The van der Waals surface area contributed by atoms with Crippen LogP contribution in [0.1, 0.15) is 17.0 Å². The summed E-state index contributed by atoms with van der Waals surface area (Å²) in [6.45, 7) is -0.374. The summed E-state index contributed by atoms with van der Waals surface area (Å²) >= 11 is 0. The molecule has 0 spiro atoms. The lowest BCUT2D eigenvalue weighted by molar-refractivity contribution is -0.0196. The normalized spacial score (nSPS) is 19.9. The van der Waals surface area contributed by atoms with Crippen molar-refractivity contribution >= 4 is 22.5 Å². The highest BCUT2D eigenvalue weighted by Crippen LogP contribution is 2.33. The molecule has 2 N–H and O–H groups in total. The van der Waals surface area contributed by atoms with Crippen LogP contribution in [0.2, 0.25) is 0 Å². The first-order valence-corrected chi connectivity index (χ1v) is 10.4. The van der Waals surface area contributed by atoms with Crippen LogP contribution in [0.5, 0.6) is 5.88 Å². The molecule has 1 aliphatic rings. The Balaban J connectivity index is 1.49. The van der Waals surface area contributed by atoms with E-state index in [-0.39, 0.29) is 37.2 Å². The number of fused-ring (bicyclic) bond motifs is 2. The molecular weight excluding hydrogens is 436 g/mol. The van der Waals surface area contributed by atoms with Gasteiger partial charge in [0.25, 0.3) is 6.43 Å². The number of hydrogen-bond donors (Lipinski definition) is 2. The van der Waals surface area contributed by atoms with Crippen molar-refractivity contribution in [1.29, 1.82) is 0 Å². The Kier molecular flexibility index (Phi) is 4.86. The van der Waals surface area contributed by atoms with Gasteiger partial charge in [0.1, 0.15) is 17.6 Å². The highest BCUT2D eigenvalue weighted by atomic mass is 19.3. The first-order valence-electron chi connectivity index (χ1n) is 11.9. The molecule has 1 fully saturated rings. The number of aromatic nitrogens is 6. The van der Waals surface area contributed by atoms with Crippen LogP contribution in [-0.2, 0) is 11.3 Å². The molecule has 0 unspecified atom stereocenters. The molecule has 0 atom stereocenters. The maximum Gasteiger partial charge on any atom is 0.258 e. The fourth-order valence-electron chi connectivity index (χ4n) is 3.98. The van der Waals surface area contributed by atoms with E-state index in [1.165, 1.54) is 4.52 Å². The van der Waals surface area contributed by atoms with Gasteiger partial charge < -0.3 is 19.9 Å². The fraction of sp³-hybridized carbons (Fsp3) is 0.429. The van der Waals surface area contributed by atoms with Gasteiger partial charge in [-0.25, -0.2) is 18.0 Å². The predicted octanol–water partition coefficient (Wildman–Crippen LogP) is 2.37. The van der Waals surface area contributed by atoms with Gasteiger partial charge in [-0.1, -0.05) is 11.3 Å². The van der Waals surface area contributed by atoms with Crippen molar-refractivity contribution in [3.05, 3.63) is 30.5 Å². The van der Waals surface area contributed by atoms with Crippen LogP contribution in [0.3, 0.4) is 0 Å². The van der Waals surface area contributed by atoms with Crippen molar-refractivity contribution in [2.24, 2.45) is 0 Å². The summed E-state index contributed by atoms with van der Waals surface area (Å²) in [4.78, 5) is 4.33. The number of aliphatic hydroxyl groups excluding tert-OH is 1. The second-order valence-corrected chi connectivity index (χ2v) is 7.76. The molecule has 0 saturated heterocycles. The monoisotopic (exact) mass is 462 g/mol. The standard InChI is InChI=1S/C21H23F2N7O3/c1-32-20-19-15(12-2-3-16-17(8-12)30(28-26-16)11-18(22)23)4-5-29(19)27-21(25-20)24-13-9-14(10-13)33-7-6-31/h2-5,8,13-14,18,31H,6-7,9-11H2,1H3,(H,24,27)/t13-,14+/i1D3. The molecule has 1 aromatic carbocycles. The molecule has 1 saturated carbocycles. The van der Waals surface area contributed by atoms with Gasteiger partial charge in [-0.15, -0.1) is 10.2 Å². The molecule has 0 radical (unpaired) electrons. The van der Waals surface area contributed by atoms with E-state index in [0.29, 0.717) is 40.5 Å². The van der Waals surface area contributed by atoms with Crippen LogP contribution in [0.4, 0.5) is 14.7 Å². The molecule has 12 heteroatoms. The minimum absolute atomic E-state index is 0.0202. The lowest BCUT2D eigenvalue weighted by Crippen LogP contribution is -2.41.